The lowest BCUT2D eigenvalue weighted by Gasteiger charge is -2.34. The van der Waals surface area contributed by atoms with Crippen LogP contribution in [0.15, 0.2) is 41.3 Å². The summed E-state index contributed by atoms with van der Waals surface area (Å²) in [5.74, 6) is -0.707. The smallest absolute Gasteiger partial charge is 0.303 e. The van der Waals surface area contributed by atoms with E-state index in [1.54, 1.807) is 11.0 Å². The number of hydrogen-bond donors (Lipinski definition) is 3. The van der Waals surface area contributed by atoms with E-state index >= 15 is 0 Å². The molecule has 3 heterocycles. The molecule has 45 heavy (non-hydrogen) atoms. The molecule has 244 valence electrons. The number of halogens is 1. The number of thiazole rings is 1. The number of carboxylic acid groups (broad SMARTS) is 1. The minimum Gasteiger partial charge on any atom is -0.481 e. The number of aromatic nitrogens is 1. The molecular weight excluding hydrogens is 616 g/mol. The van der Waals surface area contributed by atoms with Gasteiger partial charge in [0.25, 0.3) is 0 Å². The van der Waals surface area contributed by atoms with Crippen LogP contribution in [-0.2, 0) is 38.9 Å². The number of hydrogen-bond acceptors (Lipinski definition) is 7. The molecule has 2 aliphatic rings. The lowest BCUT2D eigenvalue weighted by molar-refractivity contribution is -0.137. The van der Waals surface area contributed by atoms with Crippen LogP contribution in [0.5, 0.6) is 0 Å². The molecule has 3 aromatic rings. The highest BCUT2D eigenvalue weighted by atomic mass is 32.2. The summed E-state index contributed by atoms with van der Waals surface area (Å²) in [7, 11) is -4.23. The van der Waals surface area contributed by atoms with E-state index in [1.807, 2.05) is 30.3 Å². The molecular formula is C33H43FN4O5S2. The van der Waals surface area contributed by atoms with Crippen LogP contribution in [0.1, 0.15) is 68.0 Å². The minimum absolute atomic E-state index is 0.0399. The lowest BCUT2D eigenvalue weighted by Crippen LogP contribution is -2.51. The van der Waals surface area contributed by atoms with Gasteiger partial charge in [0.15, 0.2) is 0 Å². The summed E-state index contributed by atoms with van der Waals surface area (Å²) in [6.07, 6.45) is 5.88. The van der Waals surface area contributed by atoms with Crippen LogP contribution in [-0.4, -0.2) is 67.6 Å². The molecule has 1 saturated heterocycles. The van der Waals surface area contributed by atoms with Crippen LogP contribution in [0.25, 0.3) is 10.2 Å². The van der Waals surface area contributed by atoms with Crippen LogP contribution < -0.4 is 10.0 Å². The van der Waals surface area contributed by atoms with Crippen molar-refractivity contribution in [3.63, 3.8) is 0 Å². The predicted octanol–water partition coefficient (Wildman–Crippen LogP) is 5.58. The first kappa shape index (κ1) is 33.3. The van der Waals surface area contributed by atoms with Crippen molar-refractivity contribution < 1.29 is 27.5 Å². The van der Waals surface area contributed by atoms with Crippen molar-refractivity contribution in [1.29, 1.82) is 0 Å². The first-order valence-corrected chi connectivity index (χ1v) is 18.3. The van der Waals surface area contributed by atoms with Crippen molar-refractivity contribution in [3.05, 3.63) is 52.5 Å². The Labute approximate surface area is 268 Å². The number of carbonyl (C=O) groups excluding carboxylic acids is 1. The molecule has 3 N–H and O–H groups in total. The minimum atomic E-state index is -4.23. The van der Waals surface area contributed by atoms with Crippen molar-refractivity contribution in [2.45, 2.75) is 82.1 Å². The van der Waals surface area contributed by atoms with E-state index in [2.05, 4.69) is 21.9 Å². The third kappa shape index (κ3) is 8.39. The maximum absolute atomic E-state index is 14.2. The molecule has 1 aromatic heterocycles. The quantitative estimate of drug-likeness (QED) is 0.206. The number of nitrogens with one attached hydrogen (secondary N) is 2. The van der Waals surface area contributed by atoms with Crippen molar-refractivity contribution in [3.8, 4) is 0 Å². The average molecular weight is 659 g/mol. The van der Waals surface area contributed by atoms with E-state index in [0.29, 0.717) is 67.5 Å². The molecule has 9 nitrogen and oxygen atoms in total. The summed E-state index contributed by atoms with van der Waals surface area (Å²) in [6.45, 7) is 3.29. The number of alkyl halides is 1. The summed E-state index contributed by atoms with van der Waals surface area (Å²) in [5.41, 5.74) is 2.81. The molecule has 2 atom stereocenters. The third-order valence-corrected chi connectivity index (χ3v) is 11.5. The summed E-state index contributed by atoms with van der Waals surface area (Å²) in [5, 5.41) is 13.3. The van der Waals surface area contributed by atoms with E-state index < -0.39 is 22.0 Å². The zero-order valence-electron chi connectivity index (χ0n) is 25.8. The number of carboxylic acids is 1. The first-order valence-electron chi connectivity index (χ1n) is 16.0. The molecule has 12 heteroatoms. The summed E-state index contributed by atoms with van der Waals surface area (Å²) >= 11 is 1.43. The van der Waals surface area contributed by atoms with Gasteiger partial charge >= 0.3 is 5.97 Å². The molecule has 0 spiro atoms. The Hall–Kier alpha value is -3.09. The molecule has 5 rings (SSSR count). The highest BCUT2D eigenvalue weighted by Crippen LogP contribution is 2.35. The van der Waals surface area contributed by atoms with Gasteiger partial charge < -0.3 is 15.3 Å². The van der Waals surface area contributed by atoms with Crippen LogP contribution >= 0.6 is 11.3 Å². The number of amides is 1. The number of carbonyl (C=O) groups is 2. The number of fused-ring (bicyclic) bond motifs is 2. The number of aliphatic carboxylic acids is 1. The number of unbranched alkanes of at least 4 members (excludes halogenated alkanes) is 1. The zero-order chi connectivity index (χ0) is 32.0. The maximum atomic E-state index is 14.2. The average Bonchev–Trinajstić information content (AvgIpc) is 3.44. The highest BCUT2D eigenvalue weighted by Gasteiger charge is 2.35. The number of rotatable bonds is 14. The SMILES string of the molecule is CCCC[C@@H]1CNc2c(cc(CCC(=O)O)cc2S(=O)(=O)N[C@@H](Cc2nc3ccccc3s2)C(=O)N2CCC(CCF)CC2)C1. The number of piperidine rings is 1. The third-order valence-electron chi connectivity index (χ3n) is 8.96. The van der Waals surface area contributed by atoms with Gasteiger partial charge in [0.2, 0.25) is 15.9 Å². The fourth-order valence-corrected chi connectivity index (χ4v) is 8.94. The Kier molecular flexibility index (Phi) is 11.1. The topological polar surface area (TPSA) is 129 Å². The molecule has 0 saturated carbocycles. The van der Waals surface area contributed by atoms with Gasteiger partial charge in [0.1, 0.15) is 10.9 Å². The molecule has 2 aliphatic heterocycles. The van der Waals surface area contributed by atoms with E-state index in [1.165, 1.54) is 11.3 Å². The van der Waals surface area contributed by atoms with E-state index in [0.717, 1.165) is 35.0 Å². The highest BCUT2D eigenvalue weighted by molar-refractivity contribution is 7.89. The van der Waals surface area contributed by atoms with Crippen LogP contribution in [0.3, 0.4) is 0 Å². The number of benzene rings is 2. The Morgan fingerprint density at radius 3 is 2.67 bits per heavy atom. The van der Waals surface area contributed by atoms with Gasteiger partial charge in [-0.3, -0.25) is 14.0 Å². The van der Waals surface area contributed by atoms with Crippen LogP contribution in [0, 0.1) is 11.8 Å². The van der Waals surface area contributed by atoms with Gasteiger partial charge in [-0.2, -0.15) is 4.72 Å². The van der Waals surface area contributed by atoms with Crippen molar-refractivity contribution in [1.82, 2.24) is 14.6 Å². The number of para-hydroxylation sites is 1. The number of sulfonamides is 1. The summed E-state index contributed by atoms with van der Waals surface area (Å²) < 4.78 is 45.2. The first-order chi connectivity index (χ1) is 21.7. The fraction of sp³-hybridized carbons (Fsp3) is 0.545. The molecule has 1 fully saturated rings. The summed E-state index contributed by atoms with van der Waals surface area (Å²) in [6, 6.07) is 10.0. The second kappa shape index (κ2) is 15.0. The van der Waals surface area contributed by atoms with Crippen molar-refractivity contribution in [2.75, 3.05) is 31.6 Å². The molecule has 0 unspecified atom stereocenters. The molecule has 1 amide bonds. The molecule has 2 aromatic carbocycles. The second-order valence-corrected chi connectivity index (χ2v) is 15.1. The van der Waals surface area contributed by atoms with Crippen molar-refractivity contribution in [2.24, 2.45) is 11.8 Å². The number of likely N-dealkylation sites (tertiary alicyclic amines) is 1. The lowest BCUT2D eigenvalue weighted by atomic mass is 9.89. The normalized spacial score (nSPS) is 18.0. The Morgan fingerprint density at radius 1 is 1.18 bits per heavy atom. The van der Waals surface area contributed by atoms with Crippen LogP contribution in [0.2, 0.25) is 0 Å². The second-order valence-electron chi connectivity index (χ2n) is 12.3. The van der Waals surface area contributed by atoms with Crippen LogP contribution in [0.4, 0.5) is 10.1 Å². The largest absolute Gasteiger partial charge is 0.481 e. The predicted molar refractivity (Wildman–Crippen MR) is 175 cm³/mol. The van der Waals surface area contributed by atoms with E-state index in [-0.39, 0.29) is 42.7 Å². The number of aryl methyl sites for hydroxylation is 1. The standard InChI is InChI=1S/C33H43FN4O5S2/c1-2-3-6-24-18-25-17-23(9-10-31(39)40)19-29(32(25)35-21-24)45(42,43)37-27(20-30-36-26-7-4-5-8-28(26)44-30)33(41)38-15-12-22(11-14-34)13-16-38/h4-5,7-8,17,19,22,24,27,35,37H,2-3,6,9-16,18,20-21H2,1H3,(H,39,40)/t24-,27-/m0/s1. The Morgan fingerprint density at radius 2 is 1.96 bits per heavy atom. The van der Waals surface area contributed by atoms with Gasteiger partial charge in [-0.1, -0.05) is 38.0 Å². The molecule has 0 aliphatic carbocycles. The van der Waals surface area contributed by atoms with Gasteiger partial charge in [-0.05, 0) is 79.7 Å². The van der Waals surface area contributed by atoms with E-state index in [4.69, 9.17) is 0 Å². The van der Waals surface area contributed by atoms with Gasteiger partial charge in [0, 0.05) is 32.5 Å². The zero-order valence-corrected chi connectivity index (χ0v) is 27.4. The van der Waals surface area contributed by atoms with E-state index in [9.17, 15) is 27.5 Å². The number of anilines is 1. The maximum Gasteiger partial charge on any atom is 0.303 e. The monoisotopic (exact) mass is 658 g/mol. The van der Waals surface area contributed by atoms with Crippen molar-refractivity contribution >= 4 is 49.1 Å². The Balaban J connectivity index is 1.46. The summed E-state index contributed by atoms with van der Waals surface area (Å²) in [4.78, 5) is 31.8. The number of nitrogens with zero attached hydrogens (tertiary/aromatic N) is 2. The van der Waals surface area contributed by atoms with Gasteiger partial charge in [-0.25, -0.2) is 13.4 Å². The Bertz CT molecular complexity index is 1570. The molecule has 0 radical (unpaired) electrons. The van der Waals surface area contributed by atoms with Gasteiger partial charge in [-0.15, -0.1) is 11.3 Å². The van der Waals surface area contributed by atoms with Gasteiger partial charge in [0.05, 0.1) is 27.6 Å². The fourth-order valence-electron chi connectivity index (χ4n) is 6.46. The molecule has 0 bridgehead atoms.